The number of urea groups is 1. The summed E-state index contributed by atoms with van der Waals surface area (Å²) in [6.07, 6.45) is 0. The standard InChI is InChI=1S/C3H9N5O/c4-3(9)6-8-2-1-5-7-8/h5,7H,1-2H2,(H3,4,6,9). The highest BCUT2D eigenvalue weighted by atomic mass is 16.2. The molecule has 9 heavy (non-hydrogen) atoms. The molecule has 0 aromatic rings. The van der Waals surface area contributed by atoms with Gasteiger partial charge in [-0.2, -0.15) is 5.53 Å². The van der Waals surface area contributed by atoms with Crippen LogP contribution in [-0.2, 0) is 0 Å². The minimum atomic E-state index is -0.564. The number of nitrogens with zero attached hydrogens (tertiary/aromatic N) is 1. The Morgan fingerprint density at radius 3 is 3.00 bits per heavy atom. The van der Waals surface area contributed by atoms with E-state index in [0.717, 1.165) is 6.54 Å². The summed E-state index contributed by atoms with van der Waals surface area (Å²) in [5.41, 5.74) is 12.6. The average molecular weight is 131 g/mol. The Bertz CT molecular complexity index is 109. The third kappa shape index (κ3) is 1.84. The normalized spacial score (nSPS) is 20.0. The second-order valence-corrected chi connectivity index (χ2v) is 1.67. The lowest BCUT2D eigenvalue weighted by Crippen LogP contribution is -2.50. The molecule has 0 aromatic heterocycles. The first-order chi connectivity index (χ1) is 4.29. The zero-order chi connectivity index (χ0) is 6.69. The second-order valence-electron chi connectivity index (χ2n) is 1.67. The van der Waals surface area contributed by atoms with E-state index in [9.17, 15) is 4.79 Å². The number of primary amides is 1. The van der Waals surface area contributed by atoms with Crippen LogP contribution in [0.5, 0.6) is 0 Å². The molecule has 0 radical (unpaired) electrons. The molecule has 0 bridgehead atoms. The minimum Gasteiger partial charge on any atom is -0.351 e. The fourth-order valence-corrected chi connectivity index (χ4v) is 0.592. The van der Waals surface area contributed by atoms with Crippen LogP contribution in [-0.4, -0.2) is 24.2 Å². The summed E-state index contributed by atoms with van der Waals surface area (Å²) in [7, 11) is 0. The number of hydrogen-bond acceptors (Lipinski definition) is 4. The Kier molecular flexibility index (Phi) is 1.83. The van der Waals surface area contributed by atoms with Crippen LogP contribution in [0.1, 0.15) is 0 Å². The maximum Gasteiger partial charge on any atom is 0.327 e. The molecule has 0 aromatic carbocycles. The molecule has 5 N–H and O–H groups in total. The summed E-state index contributed by atoms with van der Waals surface area (Å²) in [5.74, 6) is 0. The minimum absolute atomic E-state index is 0.564. The van der Waals surface area contributed by atoms with Gasteiger partial charge in [0.1, 0.15) is 0 Å². The molecule has 0 atom stereocenters. The SMILES string of the molecule is NC(=O)NN1CCNN1. The van der Waals surface area contributed by atoms with E-state index < -0.39 is 6.03 Å². The van der Waals surface area contributed by atoms with Crippen LogP contribution < -0.4 is 22.1 Å². The van der Waals surface area contributed by atoms with Gasteiger partial charge in [-0.25, -0.2) is 10.2 Å². The van der Waals surface area contributed by atoms with E-state index in [1.807, 2.05) is 0 Å². The van der Waals surface area contributed by atoms with Crippen LogP contribution in [0, 0.1) is 0 Å². The first kappa shape index (κ1) is 6.27. The number of carbonyl (C=O) groups excluding carboxylic acids is 1. The van der Waals surface area contributed by atoms with Crippen molar-refractivity contribution in [2.75, 3.05) is 13.1 Å². The van der Waals surface area contributed by atoms with E-state index >= 15 is 0 Å². The summed E-state index contributed by atoms with van der Waals surface area (Å²) < 4.78 is 0. The Hall–Kier alpha value is -0.850. The Labute approximate surface area is 52.3 Å². The zero-order valence-electron chi connectivity index (χ0n) is 4.85. The Morgan fingerprint density at radius 1 is 1.78 bits per heavy atom. The van der Waals surface area contributed by atoms with Crippen LogP contribution in [0.2, 0.25) is 0 Å². The van der Waals surface area contributed by atoms with Crippen molar-refractivity contribution in [2.45, 2.75) is 0 Å². The van der Waals surface area contributed by atoms with Gasteiger partial charge in [-0.3, -0.25) is 5.43 Å². The van der Waals surface area contributed by atoms with Gasteiger partial charge in [-0.15, -0.1) is 5.12 Å². The van der Waals surface area contributed by atoms with Crippen molar-refractivity contribution in [3.8, 4) is 0 Å². The summed E-state index contributed by atoms with van der Waals surface area (Å²) in [6, 6.07) is -0.564. The molecule has 1 fully saturated rings. The lowest BCUT2D eigenvalue weighted by atomic mass is 10.7. The molecule has 1 rings (SSSR count). The summed E-state index contributed by atoms with van der Waals surface area (Å²) in [5, 5.41) is 1.47. The molecular formula is C3H9N5O. The quantitative estimate of drug-likeness (QED) is 0.328. The van der Waals surface area contributed by atoms with E-state index in [1.165, 1.54) is 5.12 Å². The van der Waals surface area contributed by atoms with Crippen molar-refractivity contribution in [2.24, 2.45) is 5.73 Å². The number of nitrogens with two attached hydrogens (primary N) is 1. The third-order valence-corrected chi connectivity index (χ3v) is 0.920. The molecule has 6 heteroatoms. The molecular weight excluding hydrogens is 122 g/mol. The molecule has 0 unspecified atom stereocenters. The van der Waals surface area contributed by atoms with E-state index in [4.69, 9.17) is 5.73 Å². The number of carbonyl (C=O) groups is 1. The predicted molar refractivity (Wildman–Crippen MR) is 30.6 cm³/mol. The van der Waals surface area contributed by atoms with E-state index in [2.05, 4.69) is 16.4 Å². The summed E-state index contributed by atoms with van der Waals surface area (Å²) in [4.78, 5) is 10.2. The van der Waals surface area contributed by atoms with E-state index in [1.54, 1.807) is 0 Å². The lowest BCUT2D eigenvalue weighted by molar-refractivity contribution is 0.157. The lowest BCUT2D eigenvalue weighted by Gasteiger charge is -2.12. The number of rotatable bonds is 1. The fourth-order valence-electron chi connectivity index (χ4n) is 0.592. The van der Waals surface area contributed by atoms with Gasteiger partial charge in [0.2, 0.25) is 0 Å². The smallest absolute Gasteiger partial charge is 0.327 e. The van der Waals surface area contributed by atoms with Gasteiger partial charge in [0.05, 0.1) is 0 Å². The van der Waals surface area contributed by atoms with Crippen molar-refractivity contribution >= 4 is 6.03 Å². The van der Waals surface area contributed by atoms with Crippen LogP contribution >= 0.6 is 0 Å². The molecule has 0 aliphatic carbocycles. The van der Waals surface area contributed by atoms with Crippen molar-refractivity contribution in [1.82, 2.24) is 21.5 Å². The number of nitrogens with one attached hydrogen (secondary N) is 3. The molecule has 52 valence electrons. The Balaban J connectivity index is 2.19. The highest BCUT2D eigenvalue weighted by Gasteiger charge is 2.09. The van der Waals surface area contributed by atoms with Gasteiger partial charge in [0.15, 0.2) is 0 Å². The van der Waals surface area contributed by atoms with Crippen LogP contribution in [0.15, 0.2) is 0 Å². The van der Waals surface area contributed by atoms with E-state index in [0.29, 0.717) is 6.54 Å². The van der Waals surface area contributed by atoms with Gasteiger partial charge < -0.3 is 5.73 Å². The van der Waals surface area contributed by atoms with Crippen molar-refractivity contribution < 1.29 is 4.79 Å². The molecule has 1 aliphatic heterocycles. The molecule has 6 nitrogen and oxygen atoms in total. The second kappa shape index (κ2) is 2.62. The highest BCUT2D eigenvalue weighted by molar-refractivity contribution is 5.70. The maximum atomic E-state index is 10.2. The summed E-state index contributed by atoms with van der Waals surface area (Å²) in [6.45, 7) is 1.50. The largest absolute Gasteiger partial charge is 0.351 e. The molecule has 2 amide bonds. The predicted octanol–water partition coefficient (Wildman–Crippen LogP) is -2.11. The van der Waals surface area contributed by atoms with Crippen LogP contribution in [0.4, 0.5) is 4.79 Å². The first-order valence-corrected chi connectivity index (χ1v) is 2.61. The third-order valence-electron chi connectivity index (χ3n) is 0.920. The first-order valence-electron chi connectivity index (χ1n) is 2.61. The maximum absolute atomic E-state index is 10.2. The van der Waals surface area contributed by atoms with Crippen molar-refractivity contribution in [3.05, 3.63) is 0 Å². The van der Waals surface area contributed by atoms with E-state index in [-0.39, 0.29) is 0 Å². The molecule has 0 saturated carbocycles. The topological polar surface area (TPSA) is 82.4 Å². The monoisotopic (exact) mass is 131 g/mol. The number of hydrazine groups is 3. The van der Waals surface area contributed by atoms with Gasteiger partial charge in [-0.1, -0.05) is 0 Å². The average Bonchev–Trinajstić information content (AvgIpc) is 2.15. The molecule has 1 aliphatic rings. The van der Waals surface area contributed by atoms with Crippen molar-refractivity contribution in [1.29, 1.82) is 0 Å². The molecule has 1 heterocycles. The number of hydrogen-bond donors (Lipinski definition) is 4. The summed E-state index contributed by atoms with van der Waals surface area (Å²) >= 11 is 0. The Morgan fingerprint density at radius 2 is 2.56 bits per heavy atom. The fraction of sp³-hybridized carbons (Fsp3) is 0.667. The van der Waals surface area contributed by atoms with Crippen LogP contribution in [0.25, 0.3) is 0 Å². The van der Waals surface area contributed by atoms with Crippen LogP contribution in [0.3, 0.4) is 0 Å². The van der Waals surface area contributed by atoms with Crippen molar-refractivity contribution in [3.63, 3.8) is 0 Å². The highest BCUT2D eigenvalue weighted by Crippen LogP contribution is 1.77. The number of amides is 2. The molecule has 1 saturated heterocycles. The molecule has 0 spiro atoms. The van der Waals surface area contributed by atoms with Gasteiger partial charge in [-0.05, 0) is 0 Å². The van der Waals surface area contributed by atoms with Gasteiger partial charge >= 0.3 is 6.03 Å². The zero-order valence-corrected chi connectivity index (χ0v) is 4.85. The van der Waals surface area contributed by atoms with Gasteiger partial charge in [0, 0.05) is 13.1 Å². The van der Waals surface area contributed by atoms with Gasteiger partial charge in [0.25, 0.3) is 0 Å².